The number of aromatic nitrogens is 2. The largest absolute Gasteiger partial charge is 0.494 e. The van der Waals surface area contributed by atoms with Gasteiger partial charge in [0, 0.05) is 13.0 Å². The molecule has 0 aliphatic rings. The Morgan fingerprint density at radius 2 is 1.88 bits per heavy atom. The number of hydrogen-bond donors (Lipinski definition) is 2. The summed E-state index contributed by atoms with van der Waals surface area (Å²) in [6, 6.07) is 13.6. The third-order valence-corrected chi connectivity index (χ3v) is 5.13. The molecule has 9 heteroatoms. The minimum Gasteiger partial charge on any atom is -0.494 e. The van der Waals surface area contributed by atoms with Gasteiger partial charge in [0.2, 0.25) is 5.91 Å². The molecule has 3 aromatic rings. The Hall–Kier alpha value is -3.88. The van der Waals surface area contributed by atoms with E-state index in [9.17, 15) is 18.8 Å². The maximum absolute atomic E-state index is 13.9. The highest BCUT2D eigenvalue weighted by Gasteiger charge is 2.23. The summed E-state index contributed by atoms with van der Waals surface area (Å²) in [6.45, 7) is 2.02. The normalized spacial score (nSPS) is 10.7. The van der Waals surface area contributed by atoms with Gasteiger partial charge in [-0.3, -0.25) is 19.1 Å². The fraction of sp³-hybridized carbons (Fsp3) is 0.261. The Kier molecular flexibility index (Phi) is 7.09. The third-order valence-electron chi connectivity index (χ3n) is 5.13. The Bertz CT molecular complexity index is 1220. The number of halogens is 1. The number of nitrogen functional groups attached to an aromatic ring is 1. The van der Waals surface area contributed by atoms with E-state index < -0.39 is 17.1 Å². The van der Waals surface area contributed by atoms with Gasteiger partial charge in [-0.25, -0.2) is 9.18 Å². The number of nitrogens with two attached hydrogens (primary N) is 1. The fourth-order valence-electron chi connectivity index (χ4n) is 3.47. The Balaban J connectivity index is 1.86. The van der Waals surface area contributed by atoms with E-state index >= 15 is 0 Å². The van der Waals surface area contributed by atoms with Crippen molar-refractivity contribution >= 4 is 17.4 Å². The maximum atomic E-state index is 13.9. The van der Waals surface area contributed by atoms with Crippen molar-refractivity contribution in [2.45, 2.75) is 26.3 Å². The van der Waals surface area contributed by atoms with Gasteiger partial charge in [-0.1, -0.05) is 36.4 Å². The molecular formula is C23H25FN4O4. The van der Waals surface area contributed by atoms with Crippen LogP contribution in [0.5, 0.6) is 5.75 Å². The highest BCUT2D eigenvalue weighted by atomic mass is 19.1. The molecule has 0 unspecified atom stereocenters. The molecule has 0 fully saturated rings. The number of anilines is 2. The van der Waals surface area contributed by atoms with E-state index in [2.05, 4.69) is 4.98 Å². The molecule has 1 aromatic heterocycles. The predicted octanol–water partition coefficient (Wildman–Crippen LogP) is 2.30. The first-order valence-electron chi connectivity index (χ1n) is 10.1. The summed E-state index contributed by atoms with van der Waals surface area (Å²) >= 11 is 0. The first-order valence-corrected chi connectivity index (χ1v) is 10.1. The summed E-state index contributed by atoms with van der Waals surface area (Å²) in [7, 11) is 1.37. The Morgan fingerprint density at radius 3 is 2.50 bits per heavy atom. The number of carbonyl (C=O) groups is 1. The number of rotatable bonds is 8. The molecule has 0 aliphatic heterocycles. The number of amides is 1. The van der Waals surface area contributed by atoms with Crippen molar-refractivity contribution in [1.29, 1.82) is 0 Å². The van der Waals surface area contributed by atoms with Crippen molar-refractivity contribution < 1.29 is 13.9 Å². The molecule has 1 heterocycles. The quantitative estimate of drug-likeness (QED) is 0.559. The predicted molar refractivity (Wildman–Crippen MR) is 121 cm³/mol. The van der Waals surface area contributed by atoms with Crippen LogP contribution in [-0.2, 0) is 17.8 Å². The molecule has 8 nitrogen and oxygen atoms in total. The lowest BCUT2D eigenvalue weighted by Gasteiger charge is -2.23. The number of H-pyrrole nitrogens is 1. The van der Waals surface area contributed by atoms with Gasteiger partial charge in [0.05, 0.1) is 13.7 Å². The zero-order valence-electron chi connectivity index (χ0n) is 17.9. The van der Waals surface area contributed by atoms with Crippen LogP contribution in [0.1, 0.15) is 24.5 Å². The van der Waals surface area contributed by atoms with Gasteiger partial charge in [-0.05, 0) is 36.6 Å². The lowest BCUT2D eigenvalue weighted by molar-refractivity contribution is -0.118. The van der Waals surface area contributed by atoms with Crippen LogP contribution >= 0.6 is 0 Å². The number of aromatic amines is 1. The molecule has 168 valence electrons. The second kappa shape index (κ2) is 9.95. The van der Waals surface area contributed by atoms with Crippen LogP contribution in [0.25, 0.3) is 0 Å². The Labute approximate surface area is 184 Å². The molecule has 1 amide bonds. The molecule has 0 saturated heterocycles. The minimum atomic E-state index is -0.734. The molecule has 0 aliphatic carbocycles. The summed E-state index contributed by atoms with van der Waals surface area (Å²) in [6.07, 6.45) is 0.286. The summed E-state index contributed by atoms with van der Waals surface area (Å²) in [5.41, 5.74) is 6.16. The molecule has 0 bridgehead atoms. The SMILES string of the molecule is CCN(C(=O)CCc1ccc(OC)c(F)c1)c1c(N)n(Cc2ccccc2)c(=O)[nH]c1=O. The Morgan fingerprint density at radius 1 is 1.16 bits per heavy atom. The highest BCUT2D eigenvalue weighted by molar-refractivity contribution is 5.95. The van der Waals surface area contributed by atoms with Crippen molar-refractivity contribution in [3.63, 3.8) is 0 Å². The van der Waals surface area contributed by atoms with E-state index in [0.717, 1.165) is 5.56 Å². The van der Waals surface area contributed by atoms with Crippen molar-refractivity contribution in [1.82, 2.24) is 9.55 Å². The van der Waals surface area contributed by atoms with Gasteiger partial charge >= 0.3 is 5.69 Å². The van der Waals surface area contributed by atoms with E-state index in [-0.39, 0.29) is 49.1 Å². The zero-order chi connectivity index (χ0) is 23.3. The van der Waals surface area contributed by atoms with Crippen molar-refractivity contribution in [2.24, 2.45) is 0 Å². The number of aryl methyl sites for hydroxylation is 1. The van der Waals surface area contributed by atoms with E-state index in [0.29, 0.717) is 5.56 Å². The maximum Gasteiger partial charge on any atom is 0.330 e. The molecule has 0 saturated carbocycles. The summed E-state index contributed by atoms with van der Waals surface area (Å²) < 4.78 is 20.0. The van der Waals surface area contributed by atoms with Crippen LogP contribution < -0.4 is 26.6 Å². The highest BCUT2D eigenvalue weighted by Crippen LogP contribution is 2.21. The smallest absolute Gasteiger partial charge is 0.330 e. The second-order valence-electron chi connectivity index (χ2n) is 7.17. The van der Waals surface area contributed by atoms with Gasteiger partial charge in [0.15, 0.2) is 17.3 Å². The number of methoxy groups -OCH3 is 1. The number of hydrogen-bond acceptors (Lipinski definition) is 5. The van der Waals surface area contributed by atoms with Crippen LogP contribution in [0.2, 0.25) is 0 Å². The number of nitrogens with zero attached hydrogens (tertiary/aromatic N) is 2. The second-order valence-corrected chi connectivity index (χ2v) is 7.17. The number of ether oxygens (including phenoxy) is 1. The zero-order valence-corrected chi connectivity index (χ0v) is 17.9. The standard InChI is InChI=1S/C23H25FN4O4/c1-3-27(19(29)12-10-15-9-11-18(32-2)17(24)13-15)20-21(25)28(23(31)26-22(20)30)14-16-7-5-4-6-8-16/h4-9,11,13H,3,10,12,14,25H2,1-2H3,(H,26,30,31). The van der Waals surface area contributed by atoms with E-state index in [1.807, 2.05) is 30.3 Å². The van der Waals surface area contributed by atoms with Gasteiger partial charge in [-0.15, -0.1) is 0 Å². The molecule has 32 heavy (non-hydrogen) atoms. The molecule has 3 N–H and O–H groups in total. The van der Waals surface area contributed by atoms with Gasteiger partial charge in [-0.2, -0.15) is 0 Å². The number of benzene rings is 2. The van der Waals surface area contributed by atoms with E-state index in [1.165, 1.54) is 28.7 Å². The van der Waals surface area contributed by atoms with Gasteiger partial charge < -0.3 is 15.4 Å². The minimum absolute atomic E-state index is 0.0241. The summed E-state index contributed by atoms with van der Waals surface area (Å²) in [5, 5.41) is 0. The first kappa shape index (κ1) is 22.8. The third kappa shape index (κ3) is 4.88. The van der Waals surface area contributed by atoms with Crippen LogP contribution in [-0.4, -0.2) is 29.1 Å². The average molecular weight is 440 g/mol. The topological polar surface area (TPSA) is 110 Å². The molecule has 3 rings (SSSR count). The van der Waals surface area contributed by atoms with Gasteiger partial charge in [0.25, 0.3) is 5.56 Å². The van der Waals surface area contributed by atoms with Crippen molar-refractivity contribution in [3.8, 4) is 5.75 Å². The number of carbonyl (C=O) groups excluding carboxylic acids is 1. The summed E-state index contributed by atoms with van der Waals surface area (Å²) in [4.78, 5) is 41.3. The van der Waals surface area contributed by atoms with Crippen LogP contribution in [0.15, 0.2) is 58.1 Å². The monoisotopic (exact) mass is 440 g/mol. The van der Waals surface area contributed by atoms with E-state index in [1.54, 1.807) is 13.0 Å². The van der Waals surface area contributed by atoms with E-state index in [4.69, 9.17) is 10.5 Å². The molecule has 0 radical (unpaired) electrons. The lowest BCUT2D eigenvalue weighted by atomic mass is 10.1. The fourth-order valence-corrected chi connectivity index (χ4v) is 3.47. The van der Waals surface area contributed by atoms with Crippen molar-refractivity contribution in [3.05, 3.63) is 86.3 Å². The number of nitrogens with one attached hydrogen (secondary N) is 1. The van der Waals surface area contributed by atoms with Crippen molar-refractivity contribution in [2.75, 3.05) is 24.3 Å². The molecule has 0 atom stereocenters. The molecular weight excluding hydrogens is 415 g/mol. The first-order chi connectivity index (χ1) is 15.3. The molecule has 0 spiro atoms. The lowest BCUT2D eigenvalue weighted by Crippen LogP contribution is -2.41. The van der Waals surface area contributed by atoms with Gasteiger partial charge in [0.1, 0.15) is 5.82 Å². The summed E-state index contributed by atoms with van der Waals surface area (Å²) in [5.74, 6) is -0.854. The molecule has 2 aromatic carbocycles. The van der Waals surface area contributed by atoms with Crippen LogP contribution in [0.3, 0.4) is 0 Å². The van der Waals surface area contributed by atoms with Crippen LogP contribution in [0.4, 0.5) is 15.9 Å². The average Bonchev–Trinajstić information content (AvgIpc) is 2.78. The van der Waals surface area contributed by atoms with Crippen LogP contribution in [0, 0.1) is 5.82 Å².